The number of likely N-dealkylation sites (N-methyl/N-ethyl adjacent to an activating group) is 1. The van der Waals surface area contributed by atoms with Gasteiger partial charge in [0.05, 0.1) is 30.2 Å². The second-order valence-electron chi connectivity index (χ2n) is 5.47. The molecule has 0 unspecified atom stereocenters. The van der Waals surface area contributed by atoms with Gasteiger partial charge in [-0.2, -0.15) is 5.10 Å². The molecule has 1 aliphatic rings. The normalized spacial score (nSPS) is 15.0. The molecule has 0 radical (unpaired) electrons. The molecule has 6 nitrogen and oxygen atoms in total. The van der Waals surface area contributed by atoms with Crippen molar-refractivity contribution in [3.8, 4) is 0 Å². The largest absolute Gasteiger partial charge is 0.333 e. The number of amides is 2. The fraction of sp³-hybridized carbons (Fsp3) is 0.533. The van der Waals surface area contributed by atoms with E-state index >= 15 is 0 Å². The first-order valence-electron chi connectivity index (χ1n) is 7.24. The molecule has 1 aromatic rings. The van der Waals surface area contributed by atoms with Crippen molar-refractivity contribution in [2.75, 3.05) is 18.9 Å². The molecule has 1 fully saturated rings. The molecule has 21 heavy (non-hydrogen) atoms. The molecular weight excluding hydrogens is 268 g/mol. The van der Waals surface area contributed by atoms with E-state index in [9.17, 15) is 9.59 Å². The molecule has 0 bridgehead atoms. The first-order valence-corrected chi connectivity index (χ1v) is 7.24. The van der Waals surface area contributed by atoms with Gasteiger partial charge in [-0.15, -0.1) is 0 Å². The number of hydrogen-bond acceptors (Lipinski definition) is 3. The first kappa shape index (κ1) is 15.3. The Labute approximate surface area is 124 Å². The maximum atomic E-state index is 11.9. The monoisotopic (exact) mass is 290 g/mol. The van der Waals surface area contributed by atoms with E-state index in [0.29, 0.717) is 11.7 Å². The topological polar surface area (TPSA) is 67.2 Å². The number of hydrogen-bond donors (Lipinski definition) is 1. The second kappa shape index (κ2) is 6.56. The van der Waals surface area contributed by atoms with E-state index in [1.54, 1.807) is 13.2 Å². The summed E-state index contributed by atoms with van der Waals surface area (Å²) in [6.07, 6.45) is 7.64. The third-order valence-electron chi connectivity index (χ3n) is 3.92. The maximum Gasteiger partial charge on any atom is 0.246 e. The van der Waals surface area contributed by atoms with Crippen molar-refractivity contribution in [2.45, 2.75) is 38.6 Å². The van der Waals surface area contributed by atoms with Crippen molar-refractivity contribution in [2.24, 2.45) is 0 Å². The van der Waals surface area contributed by atoms with E-state index in [1.807, 2.05) is 11.6 Å². The summed E-state index contributed by atoms with van der Waals surface area (Å²) in [6, 6.07) is 0.445. The van der Waals surface area contributed by atoms with Crippen LogP contribution in [0.15, 0.2) is 18.9 Å². The van der Waals surface area contributed by atoms with Gasteiger partial charge in [0.2, 0.25) is 11.8 Å². The van der Waals surface area contributed by atoms with Gasteiger partial charge in [0.1, 0.15) is 0 Å². The van der Waals surface area contributed by atoms with Crippen LogP contribution in [0.5, 0.6) is 0 Å². The summed E-state index contributed by atoms with van der Waals surface area (Å²) in [7, 11) is 1.57. The van der Waals surface area contributed by atoms with Crippen molar-refractivity contribution in [1.29, 1.82) is 0 Å². The van der Waals surface area contributed by atoms with Crippen molar-refractivity contribution >= 4 is 17.5 Å². The van der Waals surface area contributed by atoms with Crippen LogP contribution in [0.25, 0.3) is 0 Å². The van der Waals surface area contributed by atoms with Crippen molar-refractivity contribution < 1.29 is 9.59 Å². The highest BCUT2D eigenvalue weighted by molar-refractivity contribution is 5.96. The summed E-state index contributed by atoms with van der Waals surface area (Å²) in [5.41, 5.74) is 1.68. The fourth-order valence-electron chi connectivity index (χ4n) is 2.70. The molecular formula is C15H22N4O2. The lowest BCUT2D eigenvalue weighted by atomic mass is 10.2. The third kappa shape index (κ3) is 3.51. The summed E-state index contributed by atoms with van der Waals surface area (Å²) in [6.45, 7) is 5.36. The Bertz CT molecular complexity index is 544. The smallest absolute Gasteiger partial charge is 0.246 e. The van der Waals surface area contributed by atoms with Crippen molar-refractivity contribution in [1.82, 2.24) is 14.7 Å². The summed E-state index contributed by atoms with van der Waals surface area (Å²) >= 11 is 0. The number of rotatable bonds is 5. The number of anilines is 1. The highest BCUT2D eigenvalue weighted by Gasteiger charge is 2.21. The van der Waals surface area contributed by atoms with Gasteiger partial charge in [0.15, 0.2) is 0 Å². The SMILES string of the molecule is C=CC(=O)N(C)CC(=O)Nc1cnn(C2CCCC2)c1C. The van der Waals surface area contributed by atoms with Gasteiger partial charge < -0.3 is 10.2 Å². The highest BCUT2D eigenvalue weighted by Crippen LogP contribution is 2.31. The van der Waals surface area contributed by atoms with Gasteiger partial charge in [-0.1, -0.05) is 19.4 Å². The molecule has 2 rings (SSSR count). The van der Waals surface area contributed by atoms with Crippen LogP contribution >= 0.6 is 0 Å². The summed E-state index contributed by atoms with van der Waals surface area (Å²) in [4.78, 5) is 24.6. The van der Waals surface area contributed by atoms with Crippen molar-refractivity contribution in [3.05, 3.63) is 24.5 Å². The van der Waals surface area contributed by atoms with Crippen molar-refractivity contribution in [3.63, 3.8) is 0 Å². The van der Waals surface area contributed by atoms with Crippen LogP contribution in [0.1, 0.15) is 37.4 Å². The van der Waals surface area contributed by atoms with Crippen LogP contribution in [-0.4, -0.2) is 40.1 Å². The molecule has 0 aromatic carbocycles. The highest BCUT2D eigenvalue weighted by atomic mass is 16.2. The zero-order valence-electron chi connectivity index (χ0n) is 12.6. The molecule has 0 saturated heterocycles. The predicted molar refractivity (Wildman–Crippen MR) is 80.9 cm³/mol. The molecule has 6 heteroatoms. The van der Waals surface area contributed by atoms with E-state index in [-0.39, 0.29) is 18.4 Å². The summed E-state index contributed by atoms with van der Waals surface area (Å²) in [5.74, 6) is -0.509. The van der Waals surface area contributed by atoms with Gasteiger partial charge >= 0.3 is 0 Å². The Kier molecular flexibility index (Phi) is 4.77. The summed E-state index contributed by atoms with van der Waals surface area (Å²) < 4.78 is 2.00. The molecule has 114 valence electrons. The quantitative estimate of drug-likeness (QED) is 0.842. The fourth-order valence-corrected chi connectivity index (χ4v) is 2.70. The Morgan fingerprint density at radius 2 is 2.19 bits per heavy atom. The zero-order valence-corrected chi connectivity index (χ0v) is 12.6. The average Bonchev–Trinajstić information content (AvgIpc) is 3.08. The van der Waals surface area contributed by atoms with Gasteiger partial charge in [-0.05, 0) is 25.8 Å². The average molecular weight is 290 g/mol. The van der Waals surface area contributed by atoms with Crippen LogP contribution in [0.2, 0.25) is 0 Å². The number of nitrogens with zero attached hydrogens (tertiary/aromatic N) is 3. The Balaban J connectivity index is 1.98. The second-order valence-corrected chi connectivity index (χ2v) is 5.47. The molecule has 1 aromatic heterocycles. The summed E-state index contributed by atoms with van der Waals surface area (Å²) in [5, 5.41) is 7.20. The van der Waals surface area contributed by atoms with Crippen LogP contribution < -0.4 is 5.32 Å². The van der Waals surface area contributed by atoms with Gasteiger partial charge in [0.25, 0.3) is 0 Å². The van der Waals surface area contributed by atoms with E-state index in [0.717, 1.165) is 18.5 Å². The lowest BCUT2D eigenvalue weighted by molar-refractivity contribution is -0.129. The van der Waals surface area contributed by atoms with Crippen LogP contribution in [0.3, 0.4) is 0 Å². The van der Waals surface area contributed by atoms with Gasteiger partial charge in [-0.25, -0.2) is 0 Å². The number of nitrogens with one attached hydrogen (secondary N) is 1. The molecule has 0 atom stereocenters. The molecule has 1 aliphatic carbocycles. The first-order chi connectivity index (χ1) is 10.0. The Morgan fingerprint density at radius 1 is 1.52 bits per heavy atom. The lowest BCUT2D eigenvalue weighted by Crippen LogP contribution is -2.33. The number of aromatic nitrogens is 2. The number of carbonyl (C=O) groups is 2. The Hall–Kier alpha value is -2.11. The van der Waals surface area contributed by atoms with Crippen LogP contribution in [0, 0.1) is 6.92 Å². The van der Waals surface area contributed by atoms with Gasteiger partial charge in [0, 0.05) is 7.05 Å². The molecule has 1 N–H and O–H groups in total. The zero-order chi connectivity index (χ0) is 15.4. The van der Waals surface area contributed by atoms with Crippen LogP contribution in [-0.2, 0) is 9.59 Å². The molecule has 2 amide bonds. The minimum Gasteiger partial charge on any atom is -0.333 e. The molecule has 1 saturated carbocycles. The van der Waals surface area contributed by atoms with E-state index in [4.69, 9.17) is 0 Å². The predicted octanol–water partition coefficient (Wildman–Crippen LogP) is 1.89. The minimum absolute atomic E-state index is 0.00109. The molecule has 0 aliphatic heterocycles. The molecule has 0 spiro atoms. The van der Waals surface area contributed by atoms with Gasteiger partial charge in [-0.3, -0.25) is 14.3 Å². The Morgan fingerprint density at radius 3 is 2.81 bits per heavy atom. The minimum atomic E-state index is -0.275. The third-order valence-corrected chi connectivity index (χ3v) is 3.92. The van der Waals surface area contributed by atoms with E-state index < -0.39 is 0 Å². The van der Waals surface area contributed by atoms with E-state index in [1.165, 1.54) is 23.8 Å². The maximum absolute atomic E-state index is 11.9. The lowest BCUT2D eigenvalue weighted by Gasteiger charge is -2.15. The standard InChI is InChI=1S/C15H22N4O2/c1-4-15(21)18(3)10-14(20)17-13-9-16-19(11(13)2)12-7-5-6-8-12/h4,9,12H,1,5-8,10H2,2-3H3,(H,17,20). The van der Waals surface area contributed by atoms with Crippen LogP contribution in [0.4, 0.5) is 5.69 Å². The number of carbonyl (C=O) groups excluding carboxylic acids is 2. The molecule has 1 heterocycles. The van der Waals surface area contributed by atoms with E-state index in [2.05, 4.69) is 17.0 Å².